The molecule has 0 aromatic heterocycles. The molecule has 1 heterocycles. The zero-order valence-corrected chi connectivity index (χ0v) is 9.07. The number of rotatable bonds is 2. The van der Waals surface area contributed by atoms with E-state index in [1.165, 1.54) is 0 Å². The second-order valence-corrected chi connectivity index (χ2v) is 4.32. The minimum atomic E-state index is -1.06. The number of piperidine rings is 1. The van der Waals surface area contributed by atoms with Crippen molar-refractivity contribution in [3.63, 3.8) is 0 Å². The first-order valence-corrected chi connectivity index (χ1v) is 5.49. The lowest BCUT2D eigenvalue weighted by molar-refractivity contribution is 0.0697. The quantitative estimate of drug-likeness (QED) is 0.783. The Kier molecular flexibility index (Phi) is 3.39. The maximum atomic E-state index is 13.2. The van der Waals surface area contributed by atoms with E-state index in [0.29, 0.717) is 25.3 Å². The summed E-state index contributed by atoms with van der Waals surface area (Å²) in [6.07, 6.45) is -2.09. The molecule has 0 bridgehead atoms. The summed E-state index contributed by atoms with van der Waals surface area (Å²) >= 11 is 0. The molecule has 0 aliphatic carbocycles. The van der Waals surface area contributed by atoms with Crippen LogP contribution in [-0.2, 0) is 6.54 Å². The second kappa shape index (κ2) is 4.78. The van der Waals surface area contributed by atoms with Gasteiger partial charge in [0.05, 0.1) is 0 Å². The highest BCUT2D eigenvalue weighted by molar-refractivity contribution is 5.46. The fraction of sp³-hybridized carbons (Fsp3) is 0.500. The summed E-state index contributed by atoms with van der Waals surface area (Å²) in [5, 5.41) is 0. The largest absolute Gasteiger partial charge is 0.398 e. The molecule has 1 aromatic carbocycles. The van der Waals surface area contributed by atoms with Gasteiger partial charge in [-0.2, -0.15) is 0 Å². The van der Waals surface area contributed by atoms with Crippen LogP contribution in [0, 0.1) is 0 Å². The Morgan fingerprint density at radius 2 is 1.81 bits per heavy atom. The lowest BCUT2D eigenvalue weighted by atomic mass is 10.1. The minimum Gasteiger partial charge on any atom is -0.398 e. The van der Waals surface area contributed by atoms with Crippen molar-refractivity contribution in [3.05, 3.63) is 29.8 Å². The predicted molar refractivity (Wildman–Crippen MR) is 60.5 cm³/mol. The van der Waals surface area contributed by atoms with Gasteiger partial charge in [-0.25, -0.2) is 8.78 Å². The molecule has 1 saturated heterocycles. The van der Waals surface area contributed by atoms with Gasteiger partial charge in [-0.3, -0.25) is 4.90 Å². The highest BCUT2D eigenvalue weighted by Crippen LogP contribution is 2.20. The molecule has 88 valence electrons. The van der Waals surface area contributed by atoms with Crippen LogP contribution in [-0.4, -0.2) is 30.3 Å². The van der Waals surface area contributed by atoms with E-state index in [0.717, 1.165) is 5.56 Å². The smallest absolute Gasteiger partial charge is 0.116 e. The van der Waals surface area contributed by atoms with Crippen LogP contribution in [0.4, 0.5) is 14.5 Å². The van der Waals surface area contributed by atoms with Crippen LogP contribution < -0.4 is 5.73 Å². The summed E-state index contributed by atoms with van der Waals surface area (Å²) in [6, 6.07) is 7.43. The first-order valence-electron chi connectivity index (χ1n) is 5.49. The number of hydrogen-bond acceptors (Lipinski definition) is 2. The highest BCUT2D eigenvalue weighted by atomic mass is 19.1. The summed E-state index contributed by atoms with van der Waals surface area (Å²) in [5.74, 6) is 0. The summed E-state index contributed by atoms with van der Waals surface area (Å²) < 4.78 is 26.3. The normalized spacial score (nSPS) is 26.9. The number of benzene rings is 1. The maximum Gasteiger partial charge on any atom is 0.116 e. The van der Waals surface area contributed by atoms with Crippen molar-refractivity contribution in [3.8, 4) is 0 Å². The third kappa shape index (κ3) is 2.70. The van der Waals surface area contributed by atoms with Gasteiger partial charge >= 0.3 is 0 Å². The molecule has 1 aromatic rings. The third-order valence-electron chi connectivity index (χ3n) is 2.87. The number of nitrogens with zero attached hydrogens (tertiary/aromatic N) is 1. The molecule has 0 amide bonds. The predicted octanol–water partition coefficient (Wildman–Crippen LogP) is 2.15. The van der Waals surface area contributed by atoms with Crippen molar-refractivity contribution in [1.82, 2.24) is 4.90 Å². The summed E-state index contributed by atoms with van der Waals surface area (Å²) in [5.41, 5.74) is 7.41. The summed E-state index contributed by atoms with van der Waals surface area (Å²) in [7, 11) is 0. The molecule has 0 radical (unpaired) electrons. The Balaban J connectivity index is 2.02. The number of nitrogen functional groups attached to an aromatic ring is 1. The Morgan fingerprint density at radius 1 is 1.19 bits per heavy atom. The number of hydrogen-bond donors (Lipinski definition) is 1. The van der Waals surface area contributed by atoms with Crippen molar-refractivity contribution in [2.24, 2.45) is 0 Å². The number of halogens is 2. The van der Waals surface area contributed by atoms with E-state index >= 15 is 0 Å². The molecule has 16 heavy (non-hydrogen) atoms. The van der Waals surface area contributed by atoms with E-state index in [2.05, 4.69) is 0 Å². The average molecular weight is 226 g/mol. The van der Waals surface area contributed by atoms with Gasteiger partial charge < -0.3 is 5.73 Å². The van der Waals surface area contributed by atoms with Crippen LogP contribution >= 0.6 is 0 Å². The van der Waals surface area contributed by atoms with E-state index < -0.39 is 12.3 Å². The van der Waals surface area contributed by atoms with Crippen LogP contribution in [0.5, 0.6) is 0 Å². The lowest BCUT2D eigenvalue weighted by Gasteiger charge is -2.31. The molecule has 0 spiro atoms. The average Bonchev–Trinajstić information content (AvgIpc) is 2.20. The van der Waals surface area contributed by atoms with Crippen molar-refractivity contribution in [2.45, 2.75) is 25.3 Å². The topological polar surface area (TPSA) is 29.3 Å². The first-order chi connectivity index (χ1) is 7.65. The van der Waals surface area contributed by atoms with Crippen molar-refractivity contribution in [1.29, 1.82) is 0 Å². The second-order valence-electron chi connectivity index (χ2n) is 4.32. The fourth-order valence-electron chi connectivity index (χ4n) is 2.11. The molecule has 2 nitrogen and oxygen atoms in total. The Bertz CT molecular complexity index is 347. The number of likely N-dealkylation sites (tertiary alicyclic amines) is 1. The maximum absolute atomic E-state index is 13.2. The zero-order chi connectivity index (χ0) is 11.5. The molecule has 0 saturated carbocycles. The summed E-state index contributed by atoms with van der Waals surface area (Å²) in [6.45, 7) is 1.12. The van der Waals surface area contributed by atoms with E-state index in [-0.39, 0.29) is 6.42 Å². The molecular formula is C12H16F2N2. The number of anilines is 1. The molecule has 4 heteroatoms. The molecular weight excluding hydrogens is 210 g/mol. The lowest BCUT2D eigenvalue weighted by Crippen LogP contribution is -2.42. The first kappa shape index (κ1) is 11.3. The summed E-state index contributed by atoms with van der Waals surface area (Å²) in [4.78, 5) is 1.78. The van der Waals surface area contributed by atoms with Crippen LogP contribution in [0.3, 0.4) is 0 Å². The van der Waals surface area contributed by atoms with Gasteiger partial charge in [0.25, 0.3) is 0 Å². The molecule has 2 N–H and O–H groups in total. The number of alkyl halides is 2. The van der Waals surface area contributed by atoms with Gasteiger partial charge in [-0.05, 0) is 11.6 Å². The Hall–Kier alpha value is -1.16. The Labute approximate surface area is 94.0 Å². The van der Waals surface area contributed by atoms with E-state index in [1.54, 1.807) is 11.0 Å². The van der Waals surface area contributed by atoms with Gasteiger partial charge in [0, 0.05) is 31.7 Å². The molecule has 2 atom stereocenters. The Morgan fingerprint density at radius 3 is 2.44 bits per heavy atom. The third-order valence-corrected chi connectivity index (χ3v) is 2.87. The highest BCUT2D eigenvalue weighted by Gasteiger charge is 2.26. The SMILES string of the molecule is Nc1ccccc1CN1C[C@H](F)C[C@H](F)C1. The van der Waals surface area contributed by atoms with Crippen molar-refractivity contribution >= 4 is 5.69 Å². The van der Waals surface area contributed by atoms with Gasteiger partial charge in [-0.1, -0.05) is 18.2 Å². The molecule has 1 aliphatic heterocycles. The van der Waals surface area contributed by atoms with Gasteiger partial charge in [0.1, 0.15) is 12.3 Å². The number of para-hydroxylation sites is 1. The fourth-order valence-corrected chi connectivity index (χ4v) is 2.11. The molecule has 2 rings (SSSR count). The van der Waals surface area contributed by atoms with Gasteiger partial charge in [-0.15, -0.1) is 0 Å². The van der Waals surface area contributed by atoms with Crippen molar-refractivity contribution in [2.75, 3.05) is 18.8 Å². The van der Waals surface area contributed by atoms with Crippen molar-refractivity contribution < 1.29 is 8.78 Å². The molecule has 1 aliphatic rings. The zero-order valence-electron chi connectivity index (χ0n) is 9.07. The standard InChI is InChI=1S/C12H16F2N2/c13-10-5-11(14)8-16(7-10)6-9-3-1-2-4-12(9)15/h1-4,10-11H,5-8,15H2/t10-,11+. The van der Waals surface area contributed by atoms with Gasteiger partial charge in [0.2, 0.25) is 0 Å². The molecule has 1 fully saturated rings. The van der Waals surface area contributed by atoms with E-state index in [9.17, 15) is 8.78 Å². The van der Waals surface area contributed by atoms with Crippen LogP contribution in [0.15, 0.2) is 24.3 Å². The number of nitrogens with two attached hydrogens (primary N) is 1. The van der Waals surface area contributed by atoms with E-state index in [4.69, 9.17) is 5.73 Å². The monoisotopic (exact) mass is 226 g/mol. The van der Waals surface area contributed by atoms with E-state index in [1.807, 2.05) is 18.2 Å². The molecule has 0 unspecified atom stereocenters. The minimum absolute atomic E-state index is 0.0285. The van der Waals surface area contributed by atoms with Crippen LogP contribution in [0.2, 0.25) is 0 Å². The van der Waals surface area contributed by atoms with Crippen LogP contribution in [0.25, 0.3) is 0 Å². The van der Waals surface area contributed by atoms with Gasteiger partial charge in [0.15, 0.2) is 0 Å². The van der Waals surface area contributed by atoms with Crippen LogP contribution in [0.1, 0.15) is 12.0 Å².